The molecule has 0 aliphatic heterocycles. The number of amides is 1. The number of nitrogens with one attached hydrogen (secondary N) is 1. The zero-order valence-corrected chi connectivity index (χ0v) is 14.0. The molecule has 0 aliphatic carbocycles. The fourth-order valence-corrected chi connectivity index (χ4v) is 2.20. The molecule has 2 N–H and O–H groups in total. The zero-order chi connectivity index (χ0) is 16.7. The first-order valence-corrected chi connectivity index (χ1v) is 7.29. The number of methoxy groups -OCH3 is 1. The predicted molar refractivity (Wildman–Crippen MR) is 80.3 cm³/mol. The van der Waals surface area contributed by atoms with Gasteiger partial charge in [-0.1, -0.05) is 13.3 Å². The van der Waals surface area contributed by atoms with Crippen LogP contribution in [0.25, 0.3) is 0 Å². The van der Waals surface area contributed by atoms with Gasteiger partial charge in [0.25, 0.3) is 0 Å². The number of ether oxygens (including phenoxy) is 2. The maximum absolute atomic E-state index is 11.7. The van der Waals surface area contributed by atoms with Gasteiger partial charge < -0.3 is 19.9 Å². The summed E-state index contributed by atoms with van der Waals surface area (Å²) < 4.78 is 10.3. The Hall–Kier alpha value is -1.30. The number of hydrogen-bond donors (Lipinski definition) is 2. The molecule has 6 nitrogen and oxygen atoms in total. The third kappa shape index (κ3) is 7.32. The highest BCUT2D eigenvalue weighted by Crippen LogP contribution is 2.30. The molecular formula is C15H29NO5. The van der Waals surface area contributed by atoms with Crippen molar-refractivity contribution in [2.75, 3.05) is 13.7 Å². The highest BCUT2D eigenvalue weighted by molar-refractivity contribution is 5.76. The maximum Gasteiger partial charge on any atom is 0.407 e. The van der Waals surface area contributed by atoms with Crippen LogP contribution in [0.2, 0.25) is 0 Å². The number of alkyl carbamates (subject to hydrolysis) is 1. The van der Waals surface area contributed by atoms with E-state index in [0.29, 0.717) is 19.3 Å². The predicted octanol–water partition coefficient (Wildman–Crippen LogP) is 2.81. The molecule has 21 heavy (non-hydrogen) atoms. The first kappa shape index (κ1) is 19.7. The minimum absolute atomic E-state index is 0.0266. The maximum atomic E-state index is 11.7. The van der Waals surface area contributed by atoms with Gasteiger partial charge >= 0.3 is 12.1 Å². The molecule has 0 rings (SSSR count). The number of carboxylic acid groups (broad SMARTS) is 1. The van der Waals surface area contributed by atoms with E-state index in [2.05, 4.69) is 5.32 Å². The minimum atomic E-state index is -1.04. The van der Waals surface area contributed by atoms with Crippen molar-refractivity contribution in [2.45, 2.75) is 65.6 Å². The van der Waals surface area contributed by atoms with Crippen molar-refractivity contribution < 1.29 is 24.2 Å². The number of hydrogen-bond acceptors (Lipinski definition) is 4. The molecule has 0 aromatic carbocycles. The Balaban J connectivity index is 4.89. The number of aliphatic carboxylic acids is 1. The van der Waals surface area contributed by atoms with Crippen molar-refractivity contribution in [1.29, 1.82) is 0 Å². The van der Waals surface area contributed by atoms with E-state index >= 15 is 0 Å². The van der Waals surface area contributed by atoms with Crippen LogP contribution in [0.5, 0.6) is 0 Å². The molecule has 0 fully saturated rings. The second-order valence-electron chi connectivity index (χ2n) is 6.44. The fraction of sp³-hybridized carbons (Fsp3) is 0.867. The largest absolute Gasteiger partial charge is 0.481 e. The third-order valence-corrected chi connectivity index (χ3v) is 3.23. The Morgan fingerprint density at radius 1 is 1.29 bits per heavy atom. The summed E-state index contributed by atoms with van der Waals surface area (Å²) in [6.07, 6.45) is 0.704. The Labute approximate surface area is 127 Å². The van der Waals surface area contributed by atoms with Crippen molar-refractivity contribution in [2.24, 2.45) is 5.41 Å². The Morgan fingerprint density at radius 2 is 1.86 bits per heavy atom. The molecule has 6 heteroatoms. The summed E-state index contributed by atoms with van der Waals surface area (Å²) in [6, 6.07) is 0. The van der Waals surface area contributed by atoms with Crippen molar-refractivity contribution in [1.82, 2.24) is 5.32 Å². The van der Waals surface area contributed by atoms with Gasteiger partial charge in [0.05, 0.1) is 11.5 Å². The van der Waals surface area contributed by atoms with E-state index in [4.69, 9.17) is 9.47 Å². The summed E-state index contributed by atoms with van der Waals surface area (Å²) in [6.45, 7) is 9.05. The molecule has 2 unspecified atom stereocenters. The van der Waals surface area contributed by atoms with Crippen LogP contribution < -0.4 is 5.32 Å². The molecule has 1 amide bonds. The standard InChI is InChI=1S/C15H29NO5/c1-7-8-15(12(17)18,9-11(2)20-6)10-16-13(19)21-14(3,4)5/h11H,7-10H2,1-6H3,(H,16,19)(H,17,18). The summed E-state index contributed by atoms with van der Waals surface area (Å²) >= 11 is 0. The van der Waals surface area contributed by atoms with Crippen LogP contribution in [0.15, 0.2) is 0 Å². The lowest BCUT2D eigenvalue weighted by Crippen LogP contribution is -2.46. The smallest absolute Gasteiger partial charge is 0.407 e. The van der Waals surface area contributed by atoms with E-state index in [-0.39, 0.29) is 12.6 Å². The minimum Gasteiger partial charge on any atom is -0.481 e. The van der Waals surface area contributed by atoms with Crippen LogP contribution in [0.4, 0.5) is 4.79 Å². The highest BCUT2D eigenvalue weighted by atomic mass is 16.6. The molecule has 0 bridgehead atoms. The molecule has 0 aromatic heterocycles. The normalized spacial score (nSPS) is 15.9. The summed E-state index contributed by atoms with van der Waals surface area (Å²) in [5.74, 6) is -0.927. The van der Waals surface area contributed by atoms with Crippen LogP contribution in [-0.4, -0.2) is 42.5 Å². The molecule has 2 atom stereocenters. The first-order chi connectivity index (χ1) is 9.56. The molecule has 0 saturated carbocycles. The number of rotatable bonds is 8. The Kier molecular flexibility index (Phi) is 7.71. The highest BCUT2D eigenvalue weighted by Gasteiger charge is 2.39. The molecule has 0 saturated heterocycles. The van der Waals surface area contributed by atoms with Crippen LogP contribution >= 0.6 is 0 Å². The van der Waals surface area contributed by atoms with Gasteiger partial charge in [0.2, 0.25) is 0 Å². The SMILES string of the molecule is CCCC(CNC(=O)OC(C)(C)C)(CC(C)OC)C(=O)O. The van der Waals surface area contributed by atoms with Gasteiger partial charge in [0.1, 0.15) is 5.60 Å². The van der Waals surface area contributed by atoms with E-state index in [1.807, 2.05) is 13.8 Å². The van der Waals surface area contributed by atoms with E-state index < -0.39 is 23.1 Å². The summed E-state index contributed by atoms with van der Waals surface area (Å²) in [4.78, 5) is 23.4. The van der Waals surface area contributed by atoms with Crippen molar-refractivity contribution in [3.63, 3.8) is 0 Å². The van der Waals surface area contributed by atoms with Gasteiger partial charge in [-0.05, 0) is 40.5 Å². The molecule has 0 aromatic rings. The van der Waals surface area contributed by atoms with E-state index in [1.165, 1.54) is 0 Å². The molecule has 0 heterocycles. The molecule has 0 spiro atoms. The number of carbonyl (C=O) groups excluding carboxylic acids is 1. The topological polar surface area (TPSA) is 84.9 Å². The van der Waals surface area contributed by atoms with E-state index in [9.17, 15) is 14.7 Å². The summed E-state index contributed by atoms with van der Waals surface area (Å²) in [7, 11) is 1.55. The number of carbonyl (C=O) groups is 2. The Bertz CT molecular complexity index is 350. The lowest BCUT2D eigenvalue weighted by molar-refractivity contribution is -0.151. The van der Waals surface area contributed by atoms with Crippen LogP contribution in [0.3, 0.4) is 0 Å². The van der Waals surface area contributed by atoms with Gasteiger partial charge in [-0.25, -0.2) is 4.79 Å². The monoisotopic (exact) mass is 303 g/mol. The first-order valence-electron chi connectivity index (χ1n) is 7.29. The van der Waals surface area contributed by atoms with Crippen LogP contribution in [-0.2, 0) is 14.3 Å². The second-order valence-corrected chi connectivity index (χ2v) is 6.44. The van der Waals surface area contributed by atoms with Gasteiger partial charge in [0.15, 0.2) is 0 Å². The van der Waals surface area contributed by atoms with Gasteiger partial charge in [0, 0.05) is 13.7 Å². The molecular weight excluding hydrogens is 274 g/mol. The third-order valence-electron chi connectivity index (χ3n) is 3.23. The van der Waals surface area contributed by atoms with Crippen molar-refractivity contribution >= 4 is 12.1 Å². The van der Waals surface area contributed by atoms with Crippen LogP contribution in [0, 0.1) is 5.41 Å². The molecule has 0 radical (unpaired) electrons. The van der Waals surface area contributed by atoms with Crippen molar-refractivity contribution in [3.05, 3.63) is 0 Å². The van der Waals surface area contributed by atoms with Gasteiger partial charge in [-0.3, -0.25) is 4.79 Å². The summed E-state index contributed by atoms with van der Waals surface area (Å²) in [5, 5.41) is 12.2. The van der Waals surface area contributed by atoms with E-state index in [0.717, 1.165) is 0 Å². The van der Waals surface area contributed by atoms with Crippen LogP contribution in [0.1, 0.15) is 53.9 Å². The van der Waals surface area contributed by atoms with E-state index in [1.54, 1.807) is 27.9 Å². The fourth-order valence-electron chi connectivity index (χ4n) is 2.20. The average molecular weight is 303 g/mol. The van der Waals surface area contributed by atoms with Gasteiger partial charge in [-0.2, -0.15) is 0 Å². The second kappa shape index (κ2) is 8.22. The zero-order valence-electron chi connectivity index (χ0n) is 14.0. The summed E-state index contributed by atoms with van der Waals surface area (Å²) in [5.41, 5.74) is -1.65. The molecule has 0 aliphatic rings. The molecule has 124 valence electrons. The average Bonchev–Trinajstić information content (AvgIpc) is 2.33. The van der Waals surface area contributed by atoms with Gasteiger partial charge in [-0.15, -0.1) is 0 Å². The van der Waals surface area contributed by atoms with Crippen molar-refractivity contribution in [3.8, 4) is 0 Å². The quantitative estimate of drug-likeness (QED) is 0.720. The lowest BCUT2D eigenvalue weighted by atomic mass is 9.78. The lowest BCUT2D eigenvalue weighted by Gasteiger charge is -2.32. The Morgan fingerprint density at radius 3 is 2.24 bits per heavy atom. The number of carboxylic acids is 1.